The molecule has 0 saturated heterocycles. The van der Waals surface area contributed by atoms with E-state index in [1.807, 2.05) is 38.1 Å². The van der Waals surface area contributed by atoms with Crippen LogP contribution in [0.25, 0.3) is 0 Å². The molecule has 1 aromatic rings. The summed E-state index contributed by atoms with van der Waals surface area (Å²) < 4.78 is 5.09. The van der Waals surface area contributed by atoms with Crippen molar-refractivity contribution in [3.63, 3.8) is 0 Å². The molecule has 172 valence electrons. The van der Waals surface area contributed by atoms with Gasteiger partial charge in [0.2, 0.25) is 5.91 Å². The van der Waals surface area contributed by atoms with E-state index in [-0.39, 0.29) is 35.8 Å². The van der Waals surface area contributed by atoms with Gasteiger partial charge in [-0.15, -0.1) is 24.0 Å². The molecular formula is C22H40IN5O2. The summed E-state index contributed by atoms with van der Waals surface area (Å²) in [6.07, 6.45) is 1.86. The number of benzene rings is 1. The van der Waals surface area contributed by atoms with Crippen LogP contribution in [0.1, 0.15) is 39.2 Å². The number of hydrogen-bond acceptors (Lipinski definition) is 4. The van der Waals surface area contributed by atoms with Gasteiger partial charge in [0.25, 0.3) is 0 Å². The number of anilines is 1. The molecule has 3 N–H and O–H groups in total. The van der Waals surface area contributed by atoms with Crippen LogP contribution in [0.5, 0.6) is 0 Å². The minimum absolute atomic E-state index is 0. The predicted molar refractivity (Wildman–Crippen MR) is 137 cm³/mol. The highest BCUT2D eigenvalue weighted by atomic mass is 127. The third-order valence-corrected chi connectivity index (χ3v) is 4.69. The molecule has 1 atom stereocenters. The van der Waals surface area contributed by atoms with Crippen LogP contribution in [0.4, 0.5) is 5.69 Å². The number of amides is 1. The van der Waals surface area contributed by atoms with Gasteiger partial charge in [-0.1, -0.05) is 26.0 Å². The lowest BCUT2D eigenvalue weighted by Crippen LogP contribution is -2.41. The van der Waals surface area contributed by atoms with Crippen molar-refractivity contribution in [2.45, 2.75) is 40.2 Å². The van der Waals surface area contributed by atoms with Crippen molar-refractivity contribution in [1.82, 2.24) is 15.5 Å². The van der Waals surface area contributed by atoms with Crippen LogP contribution in [0.2, 0.25) is 0 Å². The Morgan fingerprint density at radius 1 is 1.23 bits per heavy atom. The molecule has 0 aliphatic rings. The van der Waals surface area contributed by atoms with Gasteiger partial charge in [-0.25, -0.2) is 4.99 Å². The molecule has 7 nitrogen and oxygen atoms in total. The summed E-state index contributed by atoms with van der Waals surface area (Å²) in [5, 5.41) is 9.64. The molecule has 0 bridgehead atoms. The number of aliphatic imine (C=N–C) groups is 1. The fourth-order valence-electron chi connectivity index (χ4n) is 2.67. The fourth-order valence-corrected chi connectivity index (χ4v) is 2.67. The Bertz CT molecular complexity index is 627. The number of nitrogens with one attached hydrogen (secondary N) is 3. The second kappa shape index (κ2) is 17.3. The average molecular weight is 533 g/mol. The van der Waals surface area contributed by atoms with Gasteiger partial charge >= 0.3 is 0 Å². The number of ether oxygens (including phenoxy) is 1. The minimum atomic E-state index is 0. The normalized spacial score (nSPS) is 12.3. The van der Waals surface area contributed by atoms with Gasteiger partial charge in [-0.2, -0.15) is 0 Å². The largest absolute Gasteiger partial charge is 0.385 e. The zero-order valence-corrected chi connectivity index (χ0v) is 21.5. The fraction of sp³-hybridized carbons (Fsp3) is 0.636. The molecular weight excluding hydrogens is 493 g/mol. The van der Waals surface area contributed by atoms with Crippen molar-refractivity contribution in [1.29, 1.82) is 0 Å². The highest BCUT2D eigenvalue weighted by Crippen LogP contribution is 2.13. The Morgan fingerprint density at radius 3 is 2.67 bits per heavy atom. The lowest BCUT2D eigenvalue weighted by molar-refractivity contribution is -0.119. The number of carbonyl (C=O) groups is 1. The summed E-state index contributed by atoms with van der Waals surface area (Å²) in [6.45, 7) is 10.9. The number of nitrogens with zero attached hydrogens (tertiary/aromatic N) is 2. The highest BCUT2D eigenvalue weighted by molar-refractivity contribution is 14.0. The maximum absolute atomic E-state index is 12.1. The van der Waals surface area contributed by atoms with E-state index in [4.69, 9.17) is 4.74 Å². The van der Waals surface area contributed by atoms with Crippen LogP contribution in [-0.4, -0.2) is 63.7 Å². The summed E-state index contributed by atoms with van der Waals surface area (Å²) in [6, 6.07) is 7.87. The van der Waals surface area contributed by atoms with E-state index in [2.05, 4.69) is 39.8 Å². The van der Waals surface area contributed by atoms with E-state index in [0.29, 0.717) is 6.54 Å². The lowest BCUT2D eigenvalue weighted by Gasteiger charge is -2.18. The molecule has 0 aliphatic heterocycles. The van der Waals surface area contributed by atoms with Gasteiger partial charge < -0.3 is 25.6 Å². The zero-order valence-electron chi connectivity index (χ0n) is 19.2. The van der Waals surface area contributed by atoms with E-state index in [1.165, 1.54) is 0 Å². The Labute approximate surface area is 199 Å². The number of guanidine groups is 1. The van der Waals surface area contributed by atoms with Crippen LogP contribution in [0.3, 0.4) is 0 Å². The number of halogens is 1. The summed E-state index contributed by atoms with van der Waals surface area (Å²) in [7, 11) is 3.84. The zero-order chi connectivity index (χ0) is 21.5. The number of carbonyl (C=O) groups excluding carboxylic acids is 1. The second-order valence-corrected chi connectivity index (χ2v) is 7.27. The number of rotatable bonds is 13. The molecule has 0 saturated carbocycles. The van der Waals surface area contributed by atoms with E-state index >= 15 is 0 Å². The molecule has 0 aliphatic carbocycles. The van der Waals surface area contributed by atoms with Crippen LogP contribution in [-0.2, 0) is 16.1 Å². The maximum atomic E-state index is 12.1. The topological polar surface area (TPSA) is 78.0 Å². The molecule has 0 heterocycles. The number of methoxy groups -OCH3 is 1. The van der Waals surface area contributed by atoms with Crippen LogP contribution >= 0.6 is 24.0 Å². The lowest BCUT2D eigenvalue weighted by atomic mass is 10.1. The SMILES string of the molecule is CCNC(=NCc1cccc(NC(=O)C(C)CC)c1)NCCN(C)CCCOC.I. The third kappa shape index (κ3) is 12.3. The molecule has 0 radical (unpaired) electrons. The monoisotopic (exact) mass is 533 g/mol. The van der Waals surface area contributed by atoms with Crippen molar-refractivity contribution in [2.75, 3.05) is 52.3 Å². The van der Waals surface area contributed by atoms with Crippen molar-refractivity contribution < 1.29 is 9.53 Å². The molecule has 1 amide bonds. The van der Waals surface area contributed by atoms with Crippen molar-refractivity contribution >= 4 is 41.5 Å². The first-order valence-electron chi connectivity index (χ1n) is 10.6. The van der Waals surface area contributed by atoms with Gasteiger partial charge in [-0.3, -0.25) is 4.79 Å². The standard InChI is InChI=1S/C22H39N5O2.HI/c1-6-18(3)21(28)26-20-11-8-10-19(16-20)17-25-22(23-7-2)24-12-14-27(4)13-9-15-29-5;/h8,10-11,16,18H,6-7,9,12-15,17H2,1-5H3,(H,26,28)(H2,23,24,25);1H. The Kier molecular flexibility index (Phi) is 16.5. The van der Waals surface area contributed by atoms with Crippen molar-refractivity contribution in [3.8, 4) is 0 Å². The highest BCUT2D eigenvalue weighted by Gasteiger charge is 2.10. The van der Waals surface area contributed by atoms with Crippen molar-refractivity contribution in [2.24, 2.45) is 10.9 Å². The van der Waals surface area contributed by atoms with Gasteiger partial charge in [0, 0.05) is 51.5 Å². The van der Waals surface area contributed by atoms with E-state index in [0.717, 1.165) is 62.8 Å². The number of hydrogen-bond donors (Lipinski definition) is 3. The van der Waals surface area contributed by atoms with Crippen LogP contribution < -0.4 is 16.0 Å². The Balaban J connectivity index is 0.00000841. The van der Waals surface area contributed by atoms with Crippen molar-refractivity contribution in [3.05, 3.63) is 29.8 Å². The maximum Gasteiger partial charge on any atom is 0.227 e. The summed E-state index contributed by atoms with van der Waals surface area (Å²) in [5.41, 5.74) is 1.87. The molecule has 0 fully saturated rings. The average Bonchev–Trinajstić information content (AvgIpc) is 2.71. The van der Waals surface area contributed by atoms with Gasteiger partial charge in [-0.05, 0) is 44.5 Å². The minimum Gasteiger partial charge on any atom is -0.385 e. The molecule has 0 spiro atoms. The van der Waals surface area contributed by atoms with E-state index in [1.54, 1.807) is 7.11 Å². The summed E-state index contributed by atoms with van der Waals surface area (Å²) in [4.78, 5) is 19.0. The first kappa shape index (κ1) is 28.6. The smallest absolute Gasteiger partial charge is 0.227 e. The third-order valence-electron chi connectivity index (χ3n) is 4.69. The molecule has 8 heteroatoms. The quantitative estimate of drug-likeness (QED) is 0.157. The van der Waals surface area contributed by atoms with Crippen LogP contribution in [0.15, 0.2) is 29.3 Å². The summed E-state index contributed by atoms with van der Waals surface area (Å²) >= 11 is 0. The second-order valence-electron chi connectivity index (χ2n) is 7.27. The van der Waals surface area contributed by atoms with Gasteiger partial charge in [0.1, 0.15) is 0 Å². The molecule has 30 heavy (non-hydrogen) atoms. The predicted octanol–water partition coefficient (Wildman–Crippen LogP) is 3.31. The van der Waals surface area contributed by atoms with Crippen LogP contribution in [0, 0.1) is 5.92 Å². The molecule has 0 aromatic heterocycles. The van der Waals surface area contributed by atoms with E-state index < -0.39 is 0 Å². The van der Waals surface area contributed by atoms with Gasteiger partial charge in [0.15, 0.2) is 5.96 Å². The number of likely N-dealkylation sites (N-methyl/N-ethyl adjacent to an activating group) is 1. The molecule has 1 aromatic carbocycles. The first-order chi connectivity index (χ1) is 14.0. The van der Waals surface area contributed by atoms with E-state index in [9.17, 15) is 4.79 Å². The molecule has 1 rings (SSSR count). The Morgan fingerprint density at radius 2 is 2.00 bits per heavy atom. The molecule has 1 unspecified atom stereocenters. The summed E-state index contributed by atoms with van der Waals surface area (Å²) in [5.74, 6) is 0.860. The Hall–Kier alpha value is -1.39. The van der Waals surface area contributed by atoms with Gasteiger partial charge in [0.05, 0.1) is 6.54 Å². The first-order valence-corrected chi connectivity index (χ1v) is 10.6.